The number of rotatable bonds is 5. The maximum absolute atomic E-state index is 12.1. The van der Waals surface area contributed by atoms with Crippen LogP contribution in [0.5, 0.6) is 11.5 Å². The number of carbonyl (C=O) groups is 1. The highest BCUT2D eigenvalue weighted by atomic mass is 16.6. The van der Waals surface area contributed by atoms with Gasteiger partial charge in [-0.3, -0.25) is 0 Å². The first-order chi connectivity index (χ1) is 11.4. The Hall–Kier alpha value is -1.91. The number of nitrogens with zero attached hydrogens (tertiary/aromatic N) is 1. The molecule has 0 aromatic heterocycles. The Kier molecular flexibility index (Phi) is 6.35. The van der Waals surface area contributed by atoms with Crippen molar-refractivity contribution in [2.24, 2.45) is 5.41 Å². The van der Waals surface area contributed by atoms with Crippen LogP contribution in [-0.2, 0) is 4.74 Å². The molecule has 0 radical (unpaired) electrons. The molecule has 1 aromatic rings. The average Bonchev–Trinajstić information content (AvgIpc) is 2.75. The van der Waals surface area contributed by atoms with Gasteiger partial charge in [-0.1, -0.05) is 19.1 Å². The maximum atomic E-state index is 12.1. The number of methoxy groups -OCH3 is 1. The second-order valence-electron chi connectivity index (χ2n) is 7.02. The van der Waals surface area contributed by atoms with Gasteiger partial charge in [0.15, 0.2) is 11.5 Å². The summed E-state index contributed by atoms with van der Waals surface area (Å²) in [5.41, 5.74) is 0.0354. The van der Waals surface area contributed by atoms with E-state index >= 15 is 0 Å². The van der Waals surface area contributed by atoms with Crippen LogP contribution in [0.4, 0.5) is 4.79 Å². The third kappa shape index (κ3) is 5.05. The van der Waals surface area contributed by atoms with Crippen molar-refractivity contribution >= 4 is 6.09 Å². The van der Waals surface area contributed by atoms with E-state index in [1.807, 2.05) is 43.0 Å². The highest BCUT2D eigenvalue weighted by molar-refractivity contribution is 5.67. The number of likely N-dealkylation sites (tertiary alicyclic amines) is 1. The van der Waals surface area contributed by atoms with Crippen molar-refractivity contribution in [2.75, 3.05) is 26.8 Å². The van der Waals surface area contributed by atoms with Crippen LogP contribution in [0, 0.1) is 5.41 Å². The van der Waals surface area contributed by atoms with Crippen LogP contribution in [0.3, 0.4) is 0 Å². The molecule has 1 atom stereocenters. The summed E-state index contributed by atoms with van der Waals surface area (Å²) in [5.74, 6) is 1.51. The Labute approximate surface area is 144 Å². The summed E-state index contributed by atoms with van der Waals surface area (Å²) >= 11 is 0. The predicted molar refractivity (Wildman–Crippen MR) is 93.6 cm³/mol. The van der Waals surface area contributed by atoms with E-state index < -0.39 is 0 Å². The Balaban J connectivity index is 1.92. The van der Waals surface area contributed by atoms with Gasteiger partial charge < -0.3 is 19.1 Å². The quantitative estimate of drug-likeness (QED) is 0.812. The molecule has 1 fully saturated rings. The van der Waals surface area contributed by atoms with Crippen molar-refractivity contribution in [3.8, 4) is 11.5 Å². The molecule has 5 nitrogen and oxygen atoms in total. The number of ether oxygens (including phenoxy) is 3. The molecule has 1 aliphatic heterocycles. The third-order valence-electron chi connectivity index (χ3n) is 4.43. The number of para-hydroxylation sites is 2. The van der Waals surface area contributed by atoms with Gasteiger partial charge in [-0.15, -0.1) is 0 Å². The van der Waals surface area contributed by atoms with E-state index in [2.05, 4.69) is 6.92 Å². The fourth-order valence-corrected chi connectivity index (χ4v) is 2.93. The van der Waals surface area contributed by atoms with Crippen LogP contribution in [-0.4, -0.2) is 43.9 Å². The minimum Gasteiger partial charge on any atom is -0.493 e. The summed E-state index contributed by atoms with van der Waals surface area (Å²) in [4.78, 5) is 13.9. The molecule has 1 amide bonds. The second kappa shape index (κ2) is 8.27. The summed E-state index contributed by atoms with van der Waals surface area (Å²) in [7, 11) is 1.65. The van der Waals surface area contributed by atoms with Crippen molar-refractivity contribution in [2.45, 2.75) is 46.1 Å². The maximum Gasteiger partial charge on any atom is 0.410 e. The van der Waals surface area contributed by atoms with Gasteiger partial charge in [0.1, 0.15) is 0 Å². The monoisotopic (exact) mass is 335 g/mol. The number of carbonyl (C=O) groups excluding carboxylic acids is 1. The van der Waals surface area contributed by atoms with E-state index in [9.17, 15) is 4.79 Å². The highest BCUT2D eigenvalue weighted by Crippen LogP contribution is 2.34. The molecule has 1 heterocycles. The molecular weight excluding hydrogens is 306 g/mol. The van der Waals surface area contributed by atoms with Gasteiger partial charge in [0.2, 0.25) is 0 Å². The number of hydrogen-bond donors (Lipinski definition) is 0. The number of hydrogen-bond acceptors (Lipinski definition) is 4. The molecule has 1 aliphatic rings. The van der Waals surface area contributed by atoms with Gasteiger partial charge in [-0.2, -0.15) is 0 Å². The number of amides is 1. The summed E-state index contributed by atoms with van der Waals surface area (Å²) in [5, 5.41) is 0. The van der Waals surface area contributed by atoms with Gasteiger partial charge in [0.25, 0.3) is 0 Å². The topological polar surface area (TPSA) is 48.0 Å². The van der Waals surface area contributed by atoms with E-state index in [4.69, 9.17) is 14.2 Å². The van der Waals surface area contributed by atoms with Gasteiger partial charge in [-0.05, 0) is 45.2 Å². The lowest BCUT2D eigenvalue weighted by atomic mass is 9.84. The van der Waals surface area contributed by atoms with Crippen molar-refractivity contribution in [3.05, 3.63) is 24.3 Å². The van der Waals surface area contributed by atoms with Gasteiger partial charge in [0.05, 0.1) is 19.8 Å². The predicted octanol–water partition coefficient (Wildman–Crippen LogP) is 4.11. The van der Waals surface area contributed by atoms with E-state index in [1.165, 1.54) is 0 Å². The normalized spacial score (nSPS) is 21.3. The first kappa shape index (κ1) is 18.4. The zero-order chi connectivity index (χ0) is 17.6. The lowest BCUT2D eigenvalue weighted by Gasteiger charge is -2.28. The molecule has 2 rings (SSSR count). The lowest BCUT2D eigenvalue weighted by molar-refractivity contribution is 0.0754. The van der Waals surface area contributed by atoms with Crippen LogP contribution in [0.15, 0.2) is 24.3 Å². The molecule has 24 heavy (non-hydrogen) atoms. The number of benzene rings is 1. The average molecular weight is 335 g/mol. The van der Waals surface area contributed by atoms with E-state index in [-0.39, 0.29) is 17.6 Å². The van der Waals surface area contributed by atoms with E-state index in [0.717, 1.165) is 37.3 Å². The Morgan fingerprint density at radius 3 is 2.58 bits per heavy atom. The van der Waals surface area contributed by atoms with Gasteiger partial charge in [-0.25, -0.2) is 4.79 Å². The third-order valence-corrected chi connectivity index (χ3v) is 4.43. The van der Waals surface area contributed by atoms with Crippen LogP contribution < -0.4 is 9.47 Å². The second-order valence-corrected chi connectivity index (χ2v) is 7.02. The molecule has 0 bridgehead atoms. The molecule has 1 aromatic carbocycles. The largest absolute Gasteiger partial charge is 0.493 e. The fraction of sp³-hybridized carbons (Fsp3) is 0.632. The van der Waals surface area contributed by atoms with Gasteiger partial charge >= 0.3 is 6.09 Å². The molecule has 0 saturated carbocycles. The Bertz CT molecular complexity index is 546. The summed E-state index contributed by atoms with van der Waals surface area (Å²) in [6.45, 7) is 8.04. The molecule has 0 N–H and O–H groups in total. The molecule has 0 aliphatic carbocycles. The molecule has 1 unspecified atom stereocenters. The summed E-state index contributed by atoms with van der Waals surface area (Å²) in [6.07, 6.45) is 2.59. The first-order valence-corrected chi connectivity index (χ1v) is 8.65. The SMILES string of the molecule is COc1ccccc1OCC1(C)CCCN(C(=O)OC(C)C)CC1. The molecule has 5 heteroatoms. The molecular formula is C19H29NO4. The Morgan fingerprint density at radius 2 is 1.92 bits per heavy atom. The van der Waals surface area contributed by atoms with Crippen LogP contribution in [0.25, 0.3) is 0 Å². The zero-order valence-corrected chi connectivity index (χ0v) is 15.2. The lowest BCUT2D eigenvalue weighted by Crippen LogP contribution is -2.35. The van der Waals surface area contributed by atoms with E-state index in [0.29, 0.717) is 13.2 Å². The summed E-state index contributed by atoms with van der Waals surface area (Å²) in [6, 6.07) is 7.69. The Morgan fingerprint density at radius 1 is 1.21 bits per heavy atom. The summed E-state index contributed by atoms with van der Waals surface area (Å²) < 4.78 is 16.7. The van der Waals surface area contributed by atoms with Crippen LogP contribution >= 0.6 is 0 Å². The van der Waals surface area contributed by atoms with Crippen molar-refractivity contribution in [1.82, 2.24) is 4.90 Å². The smallest absolute Gasteiger partial charge is 0.410 e. The van der Waals surface area contributed by atoms with Crippen molar-refractivity contribution in [3.63, 3.8) is 0 Å². The highest BCUT2D eigenvalue weighted by Gasteiger charge is 2.31. The minimum absolute atomic E-state index is 0.0354. The van der Waals surface area contributed by atoms with Gasteiger partial charge in [0, 0.05) is 18.5 Å². The molecule has 1 saturated heterocycles. The standard InChI is InChI=1S/C19H29NO4/c1-15(2)24-18(21)20-12-7-10-19(3,11-13-20)14-23-17-9-6-5-8-16(17)22-4/h5-6,8-9,15H,7,10-14H2,1-4H3. The van der Waals surface area contributed by atoms with Crippen molar-refractivity contribution in [1.29, 1.82) is 0 Å². The van der Waals surface area contributed by atoms with Crippen LogP contribution in [0.1, 0.15) is 40.0 Å². The van der Waals surface area contributed by atoms with Crippen LogP contribution in [0.2, 0.25) is 0 Å². The molecule has 134 valence electrons. The van der Waals surface area contributed by atoms with Crippen molar-refractivity contribution < 1.29 is 19.0 Å². The first-order valence-electron chi connectivity index (χ1n) is 8.65. The molecule has 0 spiro atoms. The zero-order valence-electron chi connectivity index (χ0n) is 15.2. The minimum atomic E-state index is -0.208. The fourth-order valence-electron chi connectivity index (χ4n) is 2.93. The van der Waals surface area contributed by atoms with E-state index in [1.54, 1.807) is 7.11 Å².